The number of amides is 4. The van der Waals surface area contributed by atoms with Gasteiger partial charge in [-0.1, -0.05) is 26.8 Å². The summed E-state index contributed by atoms with van der Waals surface area (Å²) in [7, 11) is 2.69. The fourth-order valence-corrected chi connectivity index (χ4v) is 4.90. The molecule has 14 nitrogen and oxygen atoms in total. The Hall–Kier alpha value is -4.46. The molecule has 3 rings (SSSR count). The first-order valence-corrected chi connectivity index (χ1v) is 14.4. The number of hydrogen-bond donors (Lipinski definition) is 3. The largest absolute Gasteiger partial charge is 0.496 e. The average Bonchev–Trinajstić information content (AvgIpc) is 3.61. The van der Waals surface area contributed by atoms with Gasteiger partial charge in [-0.25, -0.2) is 9.69 Å². The van der Waals surface area contributed by atoms with Crippen LogP contribution >= 0.6 is 0 Å². The minimum absolute atomic E-state index is 0.00961. The van der Waals surface area contributed by atoms with Crippen LogP contribution in [-0.4, -0.2) is 91.7 Å². The molecule has 1 aliphatic heterocycles. The first kappa shape index (κ1) is 34.0. The summed E-state index contributed by atoms with van der Waals surface area (Å²) in [6, 6.07) is 4.74. The van der Waals surface area contributed by atoms with Crippen molar-refractivity contribution in [2.24, 2.45) is 11.8 Å². The number of carbonyl (C=O) groups excluding carboxylic acids is 6. The number of Topliss-reactive ketones (excluding diaryl/α,β-unsaturated/α-hetero) is 1. The summed E-state index contributed by atoms with van der Waals surface area (Å²) in [6.07, 6.45) is -0.271. The summed E-state index contributed by atoms with van der Waals surface area (Å²) in [4.78, 5) is 80.2. The van der Waals surface area contributed by atoms with E-state index < -0.39 is 67.0 Å². The lowest BCUT2D eigenvalue weighted by molar-refractivity contribution is -0.158. The van der Waals surface area contributed by atoms with Gasteiger partial charge in [0.25, 0.3) is 5.91 Å². The molecule has 0 radical (unpaired) electrons. The molecular formula is C30H40N4O10. The molecule has 3 atom stereocenters. The van der Waals surface area contributed by atoms with Gasteiger partial charge in [0.15, 0.2) is 12.6 Å². The second-order valence-corrected chi connectivity index (χ2v) is 10.8. The van der Waals surface area contributed by atoms with Gasteiger partial charge in [0, 0.05) is 29.8 Å². The summed E-state index contributed by atoms with van der Waals surface area (Å²) < 4.78 is 20.1. The Morgan fingerprint density at radius 2 is 1.84 bits per heavy atom. The van der Waals surface area contributed by atoms with Gasteiger partial charge < -0.3 is 34.6 Å². The number of ketones is 1. The summed E-state index contributed by atoms with van der Waals surface area (Å²) in [5, 5.41) is 6.13. The van der Waals surface area contributed by atoms with E-state index in [1.54, 1.807) is 31.2 Å². The van der Waals surface area contributed by atoms with Crippen molar-refractivity contribution in [1.82, 2.24) is 20.5 Å². The van der Waals surface area contributed by atoms with Crippen LogP contribution in [0.15, 0.2) is 24.3 Å². The van der Waals surface area contributed by atoms with E-state index in [1.165, 1.54) is 7.11 Å². The van der Waals surface area contributed by atoms with Crippen molar-refractivity contribution in [2.75, 3.05) is 34.2 Å². The van der Waals surface area contributed by atoms with E-state index in [0.29, 0.717) is 16.7 Å². The number of hydrogen-bond acceptors (Lipinski definition) is 10. The number of fused-ring (bicyclic) bond motifs is 1. The molecule has 4 amide bonds. The molecule has 2 unspecified atom stereocenters. The van der Waals surface area contributed by atoms with Crippen LogP contribution in [0.5, 0.6) is 5.75 Å². The molecular weight excluding hydrogens is 576 g/mol. The molecule has 240 valence electrons. The topological polar surface area (TPSA) is 182 Å². The first-order valence-electron chi connectivity index (χ1n) is 14.4. The second-order valence-electron chi connectivity index (χ2n) is 10.8. The highest BCUT2D eigenvalue weighted by Gasteiger charge is 2.39. The van der Waals surface area contributed by atoms with Crippen LogP contribution in [0, 0.1) is 11.8 Å². The Balaban J connectivity index is 1.77. The van der Waals surface area contributed by atoms with Crippen molar-refractivity contribution in [2.45, 2.75) is 58.5 Å². The Morgan fingerprint density at radius 1 is 1.09 bits per heavy atom. The lowest BCUT2D eigenvalue weighted by Gasteiger charge is -2.25. The molecule has 14 heteroatoms. The quantitative estimate of drug-likeness (QED) is 0.153. The SMILES string of the molecule is CCC(=O)OCOCC(=O)C(C[C@@H]1CCN(C(=O)OC)C1=O)NC(=O)C(CC(C)C)NC(=O)c1cc2c(OC)cccc2[nH]1. The normalized spacial score (nSPS) is 16.0. The predicted octanol–water partition coefficient (Wildman–Crippen LogP) is 2.31. The Kier molecular flexibility index (Phi) is 12.3. The number of benzene rings is 1. The van der Waals surface area contributed by atoms with Gasteiger partial charge in [-0.05, 0) is 43.4 Å². The number of imide groups is 1. The lowest BCUT2D eigenvalue weighted by Crippen LogP contribution is -2.53. The third-order valence-corrected chi connectivity index (χ3v) is 7.19. The number of H-pyrrole nitrogens is 1. The van der Waals surface area contributed by atoms with Gasteiger partial charge in [-0.3, -0.25) is 24.0 Å². The van der Waals surface area contributed by atoms with E-state index in [0.717, 1.165) is 12.0 Å². The smallest absolute Gasteiger partial charge is 0.416 e. The van der Waals surface area contributed by atoms with Crippen molar-refractivity contribution < 1.29 is 47.7 Å². The zero-order valence-electron chi connectivity index (χ0n) is 25.6. The van der Waals surface area contributed by atoms with Gasteiger partial charge in [0.1, 0.15) is 24.1 Å². The lowest BCUT2D eigenvalue weighted by atomic mass is 9.95. The third-order valence-electron chi connectivity index (χ3n) is 7.19. The molecule has 1 aromatic heterocycles. The second kappa shape index (κ2) is 15.8. The maximum Gasteiger partial charge on any atom is 0.416 e. The van der Waals surface area contributed by atoms with E-state index in [1.807, 2.05) is 13.8 Å². The highest BCUT2D eigenvalue weighted by atomic mass is 16.7. The molecule has 3 N–H and O–H groups in total. The van der Waals surface area contributed by atoms with Crippen LogP contribution in [-0.2, 0) is 33.4 Å². The van der Waals surface area contributed by atoms with Gasteiger partial charge in [-0.2, -0.15) is 0 Å². The maximum absolute atomic E-state index is 13.6. The Bertz CT molecular complexity index is 1370. The van der Waals surface area contributed by atoms with Gasteiger partial charge in [0.05, 0.1) is 20.3 Å². The number of methoxy groups -OCH3 is 2. The van der Waals surface area contributed by atoms with Crippen molar-refractivity contribution in [3.8, 4) is 5.75 Å². The molecule has 1 aromatic carbocycles. The van der Waals surface area contributed by atoms with Crippen LogP contribution in [0.4, 0.5) is 4.79 Å². The highest BCUT2D eigenvalue weighted by Crippen LogP contribution is 2.26. The number of carbonyl (C=O) groups is 6. The number of nitrogens with zero attached hydrogens (tertiary/aromatic N) is 1. The van der Waals surface area contributed by atoms with E-state index in [2.05, 4.69) is 20.4 Å². The molecule has 2 heterocycles. The monoisotopic (exact) mass is 616 g/mol. The van der Waals surface area contributed by atoms with Crippen LogP contribution < -0.4 is 15.4 Å². The fraction of sp³-hybridized carbons (Fsp3) is 0.533. The van der Waals surface area contributed by atoms with Crippen LogP contribution in [0.1, 0.15) is 56.9 Å². The average molecular weight is 617 g/mol. The molecule has 0 bridgehead atoms. The van der Waals surface area contributed by atoms with Crippen molar-refractivity contribution in [1.29, 1.82) is 0 Å². The molecule has 1 saturated heterocycles. The van der Waals surface area contributed by atoms with E-state index in [9.17, 15) is 28.8 Å². The maximum atomic E-state index is 13.6. The zero-order valence-corrected chi connectivity index (χ0v) is 25.6. The van der Waals surface area contributed by atoms with Crippen LogP contribution in [0.3, 0.4) is 0 Å². The highest BCUT2D eigenvalue weighted by molar-refractivity contribution is 6.02. The molecule has 0 aliphatic carbocycles. The Labute approximate surface area is 255 Å². The van der Waals surface area contributed by atoms with Crippen molar-refractivity contribution >= 4 is 46.5 Å². The number of rotatable bonds is 15. The molecule has 0 spiro atoms. The summed E-state index contributed by atoms with van der Waals surface area (Å²) in [5.41, 5.74) is 0.894. The number of nitrogens with one attached hydrogen (secondary N) is 3. The first-order chi connectivity index (χ1) is 21.0. The minimum Gasteiger partial charge on any atom is -0.496 e. The minimum atomic E-state index is -1.19. The zero-order chi connectivity index (χ0) is 32.4. The van der Waals surface area contributed by atoms with Crippen molar-refractivity contribution in [3.63, 3.8) is 0 Å². The van der Waals surface area contributed by atoms with Gasteiger partial charge >= 0.3 is 12.1 Å². The third kappa shape index (κ3) is 8.78. The molecule has 1 aliphatic rings. The molecule has 44 heavy (non-hydrogen) atoms. The number of ether oxygens (including phenoxy) is 4. The standard InChI is InChI=1S/C30H40N4O10/c1-6-26(36)44-16-43-15-24(35)21(13-18-10-11-34(29(18)39)30(40)42-5)32-27(37)22(12-17(2)3)33-28(38)23-14-19-20(31-23)8-7-9-25(19)41-4/h7-9,14,17-18,21-22,31H,6,10-13,15-16H2,1-5H3,(H,32,37)(H,33,38)/t18-,21?,22?/m0/s1. The van der Waals surface area contributed by atoms with E-state index in [4.69, 9.17) is 14.2 Å². The van der Waals surface area contributed by atoms with Crippen molar-refractivity contribution in [3.05, 3.63) is 30.0 Å². The summed E-state index contributed by atoms with van der Waals surface area (Å²) in [5.74, 6) is -2.96. The van der Waals surface area contributed by atoms with E-state index in [-0.39, 0.29) is 43.8 Å². The van der Waals surface area contributed by atoms with Gasteiger partial charge in [-0.15, -0.1) is 0 Å². The number of aromatic nitrogens is 1. The van der Waals surface area contributed by atoms with E-state index >= 15 is 0 Å². The van der Waals surface area contributed by atoms with Crippen LogP contribution in [0.2, 0.25) is 0 Å². The molecule has 2 aromatic rings. The Morgan fingerprint density at radius 3 is 2.50 bits per heavy atom. The molecule has 0 saturated carbocycles. The predicted molar refractivity (Wildman–Crippen MR) is 157 cm³/mol. The summed E-state index contributed by atoms with van der Waals surface area (Å²) in [6.45, 7) is 4.51. The number of aromatic amines is 1. The van der Waals surface area contributed by atoms with Gasteiger partial charge in [0.2, 0.25) is 11.8 Å². The van der Waals surface area contributed by atoms with Crippen LogP contribution in [0.25, 0.3) is 10.9 Å². The molecule has 1 fully saturated rings. The number of likely N-dealkylation sites (tertiary alicyclic amines) is 1. The number of esters is 1. The fourth-order valence-electron chi connectivity index (χ4n) is 4.90. The summed E-state index contributed by atoms with van der Waals surface area (Å²) >= 11 is 0.